The molecule has 0 aromatic carbocycles. The number of carbonyl (C=O) groups excluding carboxylic acids is 1. The van der Waals surface area contributed by atoms with Crippen molar-refractivity contribution in [2.45, 2.75) is 123 Å². The number of phosphoric acid groups is 1. The minimum atomic E-state index is -4.64. The third-order valence-electron chi connectivity index (χ3n) is 4.52. The molecule has 0 radical (unpaired) electrons. The Labute approximate surface area is 290 Å². The smallest absolute Gasteiger partial charge is 0.391 e. The van der Waals surface area contributed by atoms with Crippen molar-refractivity contribution >= 4 is 26.1 Å². The van der Waals surface area contributed by atoms with Gasteiger partial charge in [0.2, 0.25) is 5.91 Å². The summed E-state index contributed by atoms with van der Waals surface area (Å²) >= 11 is 0. The summed E-state index contributed by atoms with van der Waals surface area (Å²) in [4.78, 5) is 32.1. The molecule has 0 saturated carbocycles. The van der Waals surface area contributed by atoms with Gasteiger partial charge in [0.15, 0.2) is 0 Å². The summed E-state index contributed by atoms with van der Waals surface area (Å²) in [7, 11) is 10.4. The molecular weight excluding hydrogens is 633 g/mol. The van der Waals surface area contributed by atoms with Crippen LogP contribution in [0.1, 0.15) is 111 Å². The molecule has 2 atom stereocenters. The van der Waals surface area contributed by atoms with Crippen LogP contribution in [0.25, 0.3) is 0 Å². The van der Waals surface area contributed by atoms with E-state index in [0.717, 1.165) is 25.7 Å². The maximum Gasteiger partial charge on any atom is 0.466 e. The van der Waals surface area contributed by atoms with Crippen LogP contribution in [0.3, 0.4) is 0 Å². The highest BCUT2D eigenvalue weighted by Gasteiger charge is 2.07. The predicted molar refractivity (Wildman–Crippen MR) is 203 cm³/mol. The van der Waals surface area contributed by atoms with Crippen molar-refractivity contribution in [3.63, 3.8) is 0 Å². The molecule has 0 rings (SSSR count). The Bertz CT molecular complexity index is 585. The Morgan fingerprint density at radius 3 is 1.28 bits per heavy atom. The van der Waals surface area contributed by atoms with Crippen LogP contribution in [0.5, 0.6) is 0 Å². The van der Waals surface area contributed by atoms with Crippen molar-refractivity contribution in [3.05, 3.63) is 24.3 Å². The van der Waals surface area contributed by atoms with Gasteiger partial charge in [-0.2, -0.15) is 0 Å². The summed E-state index contributed by atoms with van der Waals surface area (Å²) in [6.07, 6.45) is 23.5. The standard InChI is InChI=1S/C18H33NO.C6H14O2.4C2H7N.ClH.H3O4P/c1-2-3-4-5-6-7-8-9-10-11-12-13-14-15-16-17-18(19)20;1-3-4-6(8)5(2)7;4*1-3-2;;1-5(2,3)4/h6-7,9-10H,2-5,8,11-17H2,1H3,(H2,19,20);5-8H,3-4H2,1-2H3;4*3H,1-2H3;1H;(H3,1,2,3,4)/b7-6-,10-9-;;;;;;;. The number of primary amides is 1. The van der Waals surface area contributed by atoms with Crippen molar-refractivity contribution < 1.29 is 34.3 Å². The highest BCUT2D eigenvalue weighted by atomic mass is 35.5. The van der Waals surface area contributed by atoms with Gasteiger partial charge in [0.25, 0.3) is 0 Å². The van der Waals surface area contributed by atoms with Gasteiger partial charge < -0.3 is 51.9 Å². The second kappa shape index (κ2) is 62.9. The van der Waals surface area contributed by atoms with Crippen molar-refractivity contribution in [1.82, 2.24) is 21.3 Å². The van der Waals surface area contributed by atoms with Gasteiger partial charge in [-0.25, -0.2) is 4.57 Å². The van der Waals surface area contributed by atoms with Crippen LogP contribution in [0, 0.1) is 0 Å². The average molecular weight is 712 g/mol. The normalized spacial score (nSPS) is 11.0. The largest absolute Gasteiger partial charge is 0.466 e. The van der Waals surface area contributed by atoms with Gasteiger partial charge in [-0.3, -0.25) is 4.79 Å². The highest BCUT2D eigenvalue weighted by Crippen LogP contribution is 2.25. The Hall–Kier alpha value is -0.890. The van der Waals surface area contributed by atoms with E-state index in [4.69, 9.17) is 35.2 Å². The lowest BCUT2D eigenvalue weighted by Crippen LogP contribution is -2.21. The molecule has 14 heteroatoms. The van der Waals surface area contributed by atoms with E-state index < -0.39 is 20.0 Å². The fourth-order valence-corrected chi connectivity index (χ4v) is 2.65. The van der Waals surface area contributed by atoms with Gasteiger partial charge in [0.05, 0.1) is 12.2 Å². The number of nitrogens with one attached hydrogen (secondary N) is 4. The molecule has 0 aliphatic carbocycles. The van der Waals surface area contributed by atoms with E-state index in [9.17, 15) is 4.79 Å². The number of carbonyl (C=O) groups is 1. The van der Waals surface area contributed by atoms with E-state index in [1.165, 1.54) is 51.4 Å². The highest BCUT2D eigenvalue weighted by molar-refractivity contribution is 7.45. The SMILES string of the molecule is CCCC(O)C(C)O.CCCCC/C=C\C/C=C\CCCCCCCC(N)=O.CNC.CNC.CNC.CNC.Cl.O=P(O)(O)O. The minimum absolute atomic E-state index is 0. The molecule has 12 nitrogen and oxygen atoms in total. The van der Waals surface area contributed by atoms with Crippen LogP contribution in [0.15, 0.2) is 24.3 Å². The predicted octanol–water partition coefficient (Wildman–Crippen LogP) is 4.65. The monoisotopic (exact) mass is 712 g/mol. The number of amides is 1. The van der Waals surface area contributed by atoms with E-state index in [1.807, 2.05) is 63.3 Å². The maximum absolute atomic E-state index is 10.5. The first-order valence-electron chi connectivity index (χ1n) is 16.2. The van der Waals surface area contributed by atoms with Crippen molar-refractivity contribution in [2.24, 2.45) is 5.73 Å². The third kappa shape index (κ3) is 143. The van der Waals surface area contributed by atoms with Crippen molar-refractivity contribution in [2.75, 3.05) is 56.4 Å². The summed E-state index contributed by atoms with van der Waals surface area (Å²) in [6.45, 7) is 5.82. The zero-order chi connectivity index (χ0) is 36.8. The first kappa shape index (κ1) is 63.7. The van der Waals surface area contributed by atoms with Crippen LogP contribution in [-0.4, -0.2) is 99.4 Å². The van der Waals surface area contributed by atoms with Crippen LogP contribution < -0.4 is 27.0 Å². The number of allylic oxidation sites excluding steroid dienone is 4. The number of hydrogen-bond donors (Lipinski definition) is 10. The first-order valence-corrected chi connectivity index (χ1v) is 17.7. The molecule has 0 heterocycles. The van der Waals surface area contributed by atoms with Crippen molar-refractivity contribution in [3.8, 4) is 0 Å². The second-order valence-electron chi connectivity index (χ2n) is 10.1. The molecule has 46 heavy (non-hydrogen) atoms. The molecule has 0 saturated heterocycles. The first-order chi connectivity index (χ1) is 21.1. The van der Waals surface area contributed by atoms with Crippen LogP contribution in [0.2, 0.25) is 0 Å². The number of rotatable bonds is 17. The van der Waals surface area contributed by atoms with E-state index in [2.05, 4.69) is 52.5 Å². The summed E-state index contributed by atoms with van der Waals surface area (Å²) < 4.78 is 8.88. The second-order valence-corrected chi connectivity index (χ2v) is 11.1. The molecule has 0 aliphatic rings. The average Bonchev–Trinajstić information content (AvgIpc) is 2.92. The number of unbranched alkanes of at least 4 members (excludes halogenated alkanes) is 8. The molecule has 0 fully saturated rings. The van der Waals surface area contributed by atoms with E-state index in [1.54, 1.807) is 6.92 Å². The van der Waals surface area contributed by atoms with Gasteiger partial charge >= 0.3 is 7.82 Å². The van der Waals surface area contributed by atoms with E-state index in [0.29, 0.717) is 12.8 Å². The number of hydrogen-bond acceptors (Lipinski definition) is 8. The zero-order valence-electron chi connectivity index (χ0n) is 31.3. The summed E-state index contributed by atoms with van der Waals surface area (Å²) in [5.74, 6) is -0.171. The lowest BCUT2D eigenvalue weighted by Gasteiger charge is -2.10. The van der Waals surface area contributed by atoms with Crippen molar-refractivity contribution in [1.29, 1.82) is 0 Å². The lowest BCUT2D eigenvalue weighted by atomic mass is 10.1. The number of aliphatic hydroxyl groups excluding tert-OH is 2. The molecule has 0 aromatic rings. The third-order valence-corrected chi connectivity index (χ3v) is 4.52. The molecule has 286 valence electrons. The van der Waals surface area contributed by atoms with Gasteiger partial charge in [-0.15, -0.1) is 12.4 Å². The fourth-order valence-electron chi connectivity index (χ4n) is 2.65. The number of nitrogens with two attached hydrogens (primary N) is 1. The van der Waals surface area contributed by atoms with E-state index >= 15 is 0 Å². The molecule has 0 spiro atoms. The van der Waals surface area contributed by atoms with E-state index in [-0.39, 0.29) is 18.3 Å². The molecule has 0 aromatic heterocycles. The summed E-state index contributed by atoms with van der Waals surface area (Å²) in [5, 5.41) is 28.6. The lowest BCUT2D eigenvalue weighted by molar-refractivity contribution is -0.118. The maximum atomic E-state index is 10.5. The Balaban J connectivity index is -0.0000000759. The Kier molecular flexibility index (Phi) is 87.1. The van der Waals surface area contributed by atoms with Gasteiger partial charge in [-0.1, -0.05) is 76.7 Å². The van der Waals surface area contributed by atoms with Gasteiger partial charge in [0.1, 0.15) is 0 Å². The number of aliphatic hydroxyl groups is 2. The molecule has 0 aliphatic heterocycles. The molecular formula is C32H79ClN5O7P. The Morgan fingerprint density at radius 2 is 1.00 bits per heavy atom. The topological polar surface area (TPSA) is 209 Å². The summed E-state index contributed by atoms with van der Waals surface area (Å²) in [6, 6.07) is 0. The van der Waals surface area contributed by atoms with Crippen LogP contribution >= 0.6 is 20.2 Å². The molecule has 2 unspecified atom stereocenters. The zero-order valence-corrected chi connectivity index (χ0v) is 33.1. The molecule has 0 bridgehead atoms. The van der Waals surface area contributed by atoms with Crippen LogP contribution in [0.4, 0.5) is 0 Å². The molecule has 11 N–H and O–H groups in total. The Morgan fingerprint density at radius 1 is 0.674 bits per heavy atom. The molecule has 1 amide bonds. The van der Waals surface area contributed by atoms with Gasteiger partial charge in [-0.05, 0) is 108 Å². The van der Waals surface area contributed by atoms with Crippen LogP contribution in [-0.2, 0) is 9.36 Å². The summed E-state index contributed by atoms with van der Waals surface area (Å²) in [5.41, 5.74) is 5.09. The fraction of sp³-hybridized carbons (Fsp3) is 0.844. The van der Waals surface area contributed by atoms with Gasteiger partial charge in [0, 0.05) is 6.42 Å². The number of halogens is 1. The minimum Gasteiger partial charge on any atom is -0.391 e. The quantitative estimate of drug-likeness (QED) is 0.0570.